The van der Waals surface area contributed by atoms with Crippen LogP contribution in [0.5, 0.6) is 0 Å². The molecule has 2 N–H and O–H groups in total. The Bertz CT molecular complexity index is 687. The van der Waals surface area contributed by atoms with Crippen molar-refractivity contribution in [2.75, 3.05) is 0 Å². The number of aliphatic hydroxyl groups is 1. The molecule has 5 nitrogen and oxygen atoms in total. The molecule has 0 fully saturated rings. The molecule has 0 atom stereocenters. The van der Waals surface area contributed by atoms with Crippen molar-refractivity contribution < 1.29 is 17.9 Å². The molecule has 0 aliphatic heterocycles. The third-order valence-corrected chi connectivity index (χ3v) is 3.98. The molecule has 7 heteroatoms. The summed E-state index contributed by atoms with van der Waals surface area (Å²) in [5.74, 6) is -0.893. The lowest BCUT2D eigenvalue weighted by molar-refractivity contribution is 0.282. The minimum Gasteiger partial charge on any atom is -0.392 e. The Balaban J connectivity index is 2.11. The van der Waals surface area contributed by atoms with E-state index in [-0.39, 0.29) is 13.2 Å². The van der Waals surface area contributed by atoms with Gasteiger partial charge in [-0.15, -0.1) is 0 Å². The highest BCUT2D eigenvalue weighted by Crippen LogP contribution is 2.11. The van der Waals surface area contributed by atoms with E-state index >= 15 is 0 Å². The highest BCUT2D eigenvalue weighted by Gasteiger charge is 2.19. The van der Waals surface area contributed by atoms with Crippen molar-refractivity contribution in [1.82, 2.24) is 9.71 Å². The third kappa shape index (κ3) is 3.38. The van der Waals surface area contributed by atoms with E-state index in [2.05, 4.69) is 9.71 Å². The maximum Gasteiger partial charge on any atom is 0.261 e. The topological polar surface area (TPSA) is 79.3 Å². The van der Waals surface area contributed by atoms with Crippen molar-refractivity contribution in [3.63, 3.8) is 0 Å². The Kier molecular flexibility index (Phi) is 4.43. The fraction of sp³-hybridized carbons (Fsp3) is 0.154. The van der Waals surface area contributed by atoms with Crippen LogP contribution in [0.4, 0.5) is 4.39 Å². The number of rotatable bonds is 5. The normalized spacial score (nSPS) is 11.5. The number of pyridine rings is 1. The van der Waals surface area contributed by atoms with Gasteiger partial charge in [-0.25, -0.2) is 22.5 Å². The number of hydrogen-bond donors (Lipinski definition) is 2. The zero-order valence-electron chi connectivity index (χ0n) is 10.5. The van der Waals surface area contributed by atoms with Crippen LogP contribution in [0.15, 0.2) is 47.6 Å². The lowest BCUT2D eigenvalue weighted by atomic mass is 10.1. The zero-order valence-corrected chi connectivity index (χ0v) is 11.3. The molecule has 0 aliphatic rings. The van der Waals surface area contributed by atoms with E-state index in [1.807, 2.05) is 0 Å². The number of aliphatic hydroxyl groups excluding tert-OH is 1. The zero-order chi connectivity index (χ0) is 14.6. The first-order chi connectivity index (χ1) is 9.53. The van der Waals surface area contributed by atoms with Crippen LogP contribution in [0, 0.1) is 5.82 Å². The van der Waals surface area contributed by atoms with Gasteiger partial charge in [-0.1, -0.05) is 24.3 Å². The van der Waals surface area contributed by atoms with Gasteiger partial charge in [0, 0.05) is 12.7 Å². The molecule has 2 aromatic rings. The van der Waals surface area contributed by atoms with E-state index in [9.17, 15) is 12.8 Å². The highest BCUT2D eigenvalue weighted by atomic mass is 32.2. The van der Waals surface area contributed by atoms with Gasteiger partial charge in [-0.05, 0) is 23.3 Å². The third-order valence-electron chi connectivity index (χ3n) is 2.65. The summed E-state index contributed by atoms with van der Waals surface area (Å²) in [5.41, 5.74) is 1.43. The van der Waals surface area contributed by atoms with Crippen molar-refractivity contribution >= 4 is 10.0 Å². The van der Waals surface area contributed by atoms with E-state index in [0.29, 0.717) is 5.56 Å². The minimum atomic E-state index is -3.99. The molecule has 0 amide bonds. The van der Waals surface area contributed by atoms with Crippen LogP contribution in [-0.2, 0) is 23.2 Å². The Morgan fingerprint density at radius 2 is 1.80 bits per heavy atom. The van der Waals surface area contributed by atoms with E-state index < -0.39 is 20.9 Å². The first-order valence-electron chi connectivity index (χ1n) is 5.82. The molecule has 0 saturated heterocycles. The van der Waals surface area contributed by atoms with Gasteiger partial charge in [0.1, 0.15) is 0 Å². The first kappa shape index (κ1) is 14.6. The number of aromatic nitrogens is 1. The van der Waals surface area contributed by atoms with Gasteiger partial charge in [0.05, 0.1) is 6.61 Å². The quantitative estimate of drug-likeness (QED) is 0.868. The van der Waals surface area contributed by atoms with Crippen molar-refractivity contribution in [1.29, 1.82) is 0 Å². The van der Waals surface area contributed by atoms with Gasteiger partial charge in [0.15, 0.2) is 5.82 Å². The molecule has 2 rings (SSSR count). The summed E-state index contributed by atoms with van der Waals surface area (Å²) < 4.78 is 39.5. The van der Waals surface area contributed by atoms with Gasteiger partial charge in [-0.2, -0.15) is 0 Å². The number of sulfonamides is 1. The molecule has 1 heterocycles. The molecule has 1 aromatic carbocycles. The predicted molar refractivity (Wildman–Crippen MR) is 70.6 cm³/mol. The van der Waals surface area contributed by atoms with E-state index in [4.69, 9.17) is 5.11 Å². The fourth-order valence-electron chi connectivity index (χ4n) is 1.58. The first-order valence-corrected chi connectivity index (χ1v) is 7.30. The summed E-state index contributed by atoms with van der Waals surface area (Å²) in [6.07, 6.45) is 1.22. The van der Waals surface area contributed by atoms with Crippen LogP contribution < -0.4 is 4.72 Å². The van der Waals surface area contributed by atoms with Gasteiger partial charge >= 0.3 is 0 Å². The van der Waals surface area contributed by atoms with Gasteiger partial charge in [0.2, 0.25) is 5.03 Å². The number of halogens is 1. The van der Waals surface area contributed by atoms with Crippen molar-refractivity contribution in [2.24, 2.45) is 0 Å². The summed E-state index contributed by atoms with van der Waals surface area (Å²) >= 11 is 0. The average molecular weight is 296 g/mol. The summed E-state index contributed by atoms with van der Waals surface area (Å²) in [5, 5.41) is 8.29. The molecule has 1 aromatic heterocycles. The number of hydrogen-bond acceptors (Lipinski definition) is 4. The van der Waals surface area contributed by atoms with Crippen LogP contribution in [-0.4, -0.2) is 18.5 Å². The maximum absolute atomic E-state index is 13.4. The summed E-state index contributed by atoms with van der Waals surface area (Å²) in [6, 6.07) is 9.10. The lowest BCUT2D eigenvalue weighted by Gasteiger charge is -2.07. The molecule has 0 unspecified atom stereocenters. The molecular weight excluding hydrogens is 283 g/mol. The average Bonchev–Trinajstić information content (AvgIpc) is 2.46. The lowest BCUT2D eigenvalue weighted by Crippen LogP contribution is -2.25. The number of nitrogens with one attached hydrogen (secondary N) is 1. The summed E-state index contributed by atoms with van der Waals surface area (Å²) in [4.78, 5) is 3.53. The largest absolute Gasteiger partial charge is 0.392 e. The number of nitrogens with zero attached hydrogens (tertiary/aromatic N) is 1. The van der Waals surface area contributed by atoms with E-state index in [0.717, 1.165) is 11.6 Å². The second-order valence-electron chi connectivity index (χ2n) is 4.09. The minimum absolute atomic E-state index is 0.0179. The van der Waals surface area contributed by atoms with Crippen molar-refractivity contribution in [3.05, 3.63) is 59.5 Å². The van der Waals surface area contributed by atoms with Gasteiger partial charge in [0.25, 0.3) is 10.0 Å². The molecular formula is C13H13FN2O3S. The Hall–Kier alpha value is -1.83. The molecule has 0 radical (unpaired) electrons. The molecule has 0 spiro atoms. The molecule has 0 bridgehead atoms. The fourth-order valence-corrected chi connectivity index (χ4v) is 2.60. The second kappa shape index (κ2) is 6.08. The molecule has 0 aliphatic carbocycles. The Labute approximate surface area is 116 Å². The smallest absolute Gasteiger partial charge is 0.261 e. The van der Waals surface area contributed by atoms with Crippen LogP contribution in [0.25, 0.3) is 0 Å². The van der Waals surface area contributed by atoms with Crippen molar-refractivity contribution in [2.45, 2.75) is 18.2 Å². The second-order valence-corrected chi connectivity index (χ2v) is 5.77. The Morgan fingerprint density at radius 1 is 1.15 bits per heavy atom. The summed E-state index contributed by atoms with van der Waals surface area (Å²) in [7, 11) is -3.99. The van der Waals surface area contributed by atoms with Crippen molar-refractivity contribution in [3.8, 4) is 0 Å². The highest BCUT2D eigenvalue weighted by molar-refractivity contribution is 7.89. The van der Waals surface area contributed by atoms with Crippen LogP contribution >= 0.6 is 0 Å². The monoisotopic (exact) mass is 296 g/mol. The number of benzene rings is 1. The SMILES string of the molecule is O=S(=O)(NCc1ccc(CO)cc1)c1ncccc1F. The van der Waals surface area contributed by atoms with E-state index in [1.165, 1.54) is 12.3 Å². The van der Waals surface area contributed by atoms with E-state index in [1.54, 1.807) is 24.3 Å². The van der Waals surface area contributed by atoms with Gasteiger partial charge < -0.3 is 5.11 Å². The molecule has 20 heavy (non-hydrogen) atoms. The molecule has 0 saturated carbocycles. The maximum atomic E-state index is 13.4. The van der Waals surface area contributed by atoms with Crippen LogP contribution in [0.3, 0.4) is 0 Å². The van der Waals surface area contributed by atoms with Crippen LogP contribution in [0.1, 0.15) is 11.1 Å². The van der Waals surface area contributed by atoms with Gasteiger partial charge in [-0.3, -0.25) is 0 Å². The summed E-state index contributed by atoms with van der Waals surface area (Å²) in [6.45, 7) is -0.0603. The Morgan fingerprint density at radius 3 is 2.40 bits per heavy atom. The molecule has 106 valence electrons. The van der Waals surface area contributed by atoms with Crippen LogP contribution in [0.2, 0.25) is 0 Å². The standard InChI is InChI=1S/C13H13FN2O3S/c14-12-2-1-7-15-13(12)20(18,19)16-8-10-3-5-11(9-17)6-4-10/h1-7,16-17H,8-9H2. The predicted octanol–water partition coefficient (Wildman–Crippen LogP) is 1.19.